The van der Waals surface area contributed by atoms with E-state index in [4.69, 9.17) is 0 Å². The van der Waals surface area contributed by atoms with Crippen molar-refractivity contribution in [3.8, 4) is 0 Å². The summed E-state index contributed by atoms with van der Waals surface area (Å²) in [7, 11) is 0. The molecule has 1 aliphatic carbocycles. The largest absolute Gasteiger partial charge is 0.298 e. The maximum absolute atomic E-state index is 10.2. The number of aldehydes is 1. The van der Waals surface area contributed by atoms with Crippen LogP contribution in [0, 0.1) is 0 Å². The zero-order chi connectivity index (χ0) is 8.10. The Morgan fingerprint density at radius 3 is 3.00 bits per heavy atom. The van der Waals surface area contributed by atoms with Gasteiger partial charge < -0.3 is 0 Å². The summed E-state index contributed by atoms with van der Waals surface area (Å²) in [6.45, 7) is 3.62. The summed E-state index contributed by atoms with van der Waals surface area (Å²) in [6.07, 6.45) is 10.1. The molecule has 0 aromatic carbocycles. The van der Waals surface area contributed by atoms with E-state index >= 15 is 0 Å². The SMILES string of the molecule is C=C(C=O)CC1=CCCC=C1. The van der Waals surface area contributed by atoms with Crippen LogP contribution in [0.15, 0.2) is 36.0 Å². The molecule has 0 aromatic rings. The zero-order valence-corrected chi connectivity index (χ0v) is 6.55. The number of carbonyl (C=O) groups is 1. The Kier molecular flexibility index (Phi) is 2.84. The van der Waals surface area contributed by atoms with Crippen molar-refractivity contribution in [1.82, 2.24) is 0 Å². The Morgan fingerprint density at radius 2 is 2.45 bits per heavy atom. The molecule has 0 atom stereocenters. The zero-order valence-electron chi connectivity index (χ0n) is 6.55. The second kappa shape index (κ2) is 3.91. The number of carbonyl (C=O) groups excluding carboxylic acids is 1. The Morgan fingerprint density at radius 1 is 1.64 bits per heavy atom. The van der Waals surface area contributed by atoms with Gasteiger partial charge in [0.2, 0.25) is 0 Å². The molecule has 0 radical (unpaired) electrons. The van der Waals surface area contributed by atoms with Crippen LogP contribution in [-0.4, -0.2) is 6.29 Å². The fourth-order valence-electron chi connectivity index (χ4n) is 1.10. The third kappa shape index (κ3) is 2.54. The number of hydrogen-bond donors (Lipinski definition) is 0. The Labute approximate surface area is 67.1 Å². The first-order chi connectivity index (χ1) is 5.33. The third-order valence-electron chi connectivity index (χ3n) is 1.67. The second-order valence-electron chi connectivity index (χ2n) is 2.71. The molecule has 58 valence electrons. The first kappa shape index (κ1) is 7.99. The lowest BCUT2D eigenvalue weighted by atomic mass is 10.0. The van der Waals surface area contributed by atoms with Crippen molar-refractivity contribution in [3.63, 3.8) is 0 Å². The van der Waals surface area contributed by atoms with E-state index in [2.05, 4.69) is 24.8 Å². The monoisotopic (exact) mass is 148 g/mol. The summed E-state index contributed by atoms with van der Waals surface area (Å²) >= 11 is 0. The van der Waals surface area contributed by atoms with Gasteiger partial charge >= 0.3 is 0 Å². The van der Waals surface area contributed by atoms with Gasteiger partial charge in [0.1, 0.15) is 6.29 Å². The normalized spacial score (nSPS) is 15.8. The van der Waals surface area contributed by atoms with Crippen molar-refractivity contribution in [2.75, 3.05) is 0 Å². The van der Waals surface area contributed by atoms with E-state index in [9.17, 15) is 4.79 Å². The van der Waals surface area contributed by atoms with Crippen molar-refractivity contribution in [1.29, 1.82) is 0 Å². The summed E-state index contributed by atoms with van der Waals surface area (Å²) in [6, 6.07) is 0. The van der Waals surface area contributed by atoms with Gasteiger partial charge in [-0.25, -0.2) is 0 Å². The van der Waals surface area contributed by atoms with Crippen molar-refractivity contribution in [2.45, 2.75) is 19.3 Å². The Bertz CT molecular complexity index is 221. The molecule has 1 rings (SSSR count). The molecule has 0 amide bonds. The maximum atomic E-state index is 10.2. The molecular weight excluding hydrogens is 136 g/mol. The van der Waals surface area contributed by atoms with Crippen LogP contribution >= 0.6 is 0 Å². The predicted octanol–water partition coefficient (Wildman–Crippen LogP) is 2.41. The number of hydrogen-bond acceptors (Lipinski definition) is 1. The second-order valence-corrected chi connectivity index (χ2v) is 2.71. The van der Waals surface area contributed by atoms with Crippen LogP contribution in [0.25, 0.3) is 0 Å². The molecule has 0 heterocycles. The van der Waals surface area contributed by atoms with E-state index < -0.39 is 0 Å². The standard InChI is InChI=1S/C10H12O/c1-9(8-11)7-10-5-3-2-4-6-10/h3,5-6,8H,1-2,4,7H2. The van der Waals surface area contributed by atoms with Crippen molar-refractivity contribution in [3.05, 3.63) is 36.0 Å². The molecule has 0 aromatic heterocycles. The summed E-state index contributed by atoms with van der Waals surface area (Å²) in [5.74, 6) is 0. The van der Waals surface area contributed by atoms with Crippen molar-refractivity contribution >= 4 is 6.29 Å². The summed E-state index contributed by atoms with van der Waals surface area (Å²) in [5.41, 5.74) is 1.87. The van der Waals surface area contributed by atoms with E-state index in [1.54, 1.807) is 0 Å². The molecule has 11 heavy (non-hydrogen) atoms. The molecular formula is C10H12O. The van der Waals surface area contributed by atoms with E-state index in [0.29, 0.717) is 12.0 Å². The average Bonchev–Trinajstić information content (AvgIpc) is 2.06. The van der Waals surface area contributed by atoms with Gasteiger partial charge in [0.05, 0.1) is 0 Å². The quantitative estimate of drug-likeness (QED) is 0.443. The molecule has 0 unspecified atom stereocenters. The first-order valence-corrected chi connectivity index (χ1v) is 3.81. The molecule has 0 saturated carbocycles. The highest BCUT2D eigenvalue weighted by molar-refractivity contribution is 5.73. The minimum Gasteiger partial charge on any atom is -0.298 e. The van der Waals surface area contributed by atoms with E-state index in [0.717, 1.165) is 19.1 Å². The van der Waals surface area contributed by atoms with E-state index in [1.807, 2.05) is 0 Å². The molecule has 1 heteroatoms. The van der Waals surface area contributed by atoms with Gasteiger partial charge in [0, 0.05) is 0 Å². The highest BCUT2D eigenvalue weighted by Crippen LogP contribution is 2.15. The fourth-order valence-corrected chi connectivity index (χ4v) is 1.10. The van der Waals surface area contributed by atoms with Crippen LogP contribution in [0.4, 0.5) is 0 Å². The van der Waals surface area contributed by atoms with Gasteiger partial charge in [-0.15, -0.1) is 0 Å². The van der Waals surface area contributed by atoms with Crippen LogP contribution < -0.4 is 0 Å². The average molecular weight is 148 g/mol. The van der Waals surface area contributed by atoms with Crippen LogP contribution in [0.2, 0.25) is 0 Å². The van der Waals surface area contributed by atoms with Crippen molar-refractivity contribution in [2.24, 2.45) is 0 Å². The van der Waals surface area contributed by atoms with Gasteiger partial charge in [0.15, 0.2) is 0 Å². The lowest BCUT2D eigenvalue weighted by Gasteiger charge is -2.04. The summed E-state index contributed by atoms with van der Waals surface area (Å²) in [5, 5.41) is 0. The molecule has 0 N–H and O–H groups in total. The minimum absolute atomic E-state index is 0.655. The van der Waals surface area contributed by atoms with Gasteiger partial charge in [-0.05, 0) is 30.4 Å². The molecule has 0 aliphatic heterocycles. The Hall–Kier alpha value is -1.11. The summed E-state index contributed by atoms with van der Waals surface area (Å²) < 4.78 is 0. The lowest BCUT2D eigenvalue weighted by molar-refractivity contribution is -0.104. The van der Waals surface area contributed by atoms with Gasteiger partial charge in [-0.2, -0.15) is 0 Å². The minimum atomic E-state index is 0.655. The number of allylic oxidation sites excluding steroid dienone is 5. The third-order valence-corrected chi connectivity index (χ3v) is 1.67. The van der Waals surface area contributed by atoms with Crippen LogP contribution in [0.5, 0.6) is 0 Å². The smallest absolute Gasteiger partial charge is 0.145 e. The first-order valence-electron chi connectivity index (χ1n) is 3.81. The van der Waals surface area contributed by atoms with Gasteiger partial charge in [0.25, 0.3) is 0 Å². The molecule has 0 saturated heterocycles. The van der Waals surface area contributed by atoms with E-state index in [1.165, 1.54) is 5.57 Å². The van der Waals surface area contributed by atoms with Gasteiger partial charge in [-0.3, -0.25) is 4.79 Å². The molecule has 1 nitrogen and oxygen atoms in total. The van der Waals surface area contributed by atoms with Crippen LogP contribution in [0.1, 0.15) is 19.3 Å². The topological polar surface area (TPSA) is 17.1 Å². The van der Waals surface area contributed by atoms with Crippen LogP contribution in [-0.2, 0) is 4.79 Å². The van der Waals surface area contributed by atoms with Crippen molar-refractivity contribution < 1.29 is 4.79 Å². The highest BCUT2D eigenvalue weighted by atomic mass is 16.1. The lowest BCUT2D eigenvalue weighted by Crippen LogP contribution is -1.88. The van der Waals surface area contributed by atoms with Gasteiger partial charge in [-0.1, -0.05) is 24.8 Å². The maximum Gasteiger partial charge on any atom is 0.145 e. The predicted molar refractivity (Wildman–Crippen MR) is 46.3 cm³/mol. The Balaban J connectivity index is 2.48. The molecule has 0 bridgehead atoms. The fraction of sp³-hybridized carbons (Fsp3) is 0.300. The molecule has 1 aliphatic rings. The molecule has 0 spiro atoms. The van der Waals surface area contributed by atoms with E-state index in [-0.39, 0.29) is 0 Å². The number of rotatable bonds is 3. The van der Waals surface area contributed by atoms with Crippen LogP contribution in [0.3, 0.4) is 0 Å². The summed E-state index contributed by atoms with van der Waals surface area (Å²) in [4.78, 5) is 10.2. The molecule has 0 fully saturated rings. The highest BCUT2D eigenvalue weighted by Gasteiger charge is 1.98.